The van der Waals surface area contributed by atoms with Crippen molar-refractivity contribution in [3.63, 3.8) is 0 Å². The third kappa shape index (κ3) is 4.88. The van der Waals surface area contributed by atoms with E-state index >= 15 is 0 Å². The van der Waals surface area contributed by atoms with Gasteiger partial charge in [0.25, 0.3) is 7.82 Å². The van der Waals surface area contributed by atoms with Gasteiger partial charge in [0.15, 0.2) is 18.9 Å². The van der Waals surface area contributed by atoms with Gasteiger partial charge in [0.05, 0.1) is 25.4 Å². The number of nitrogens with zero attached hydrogens (tertiary/aromatic N) is 1. The number of ether oxygens (including phenoxy) is 2. The predicted molar refractivity (Wildman–Crippen MR) is 87.6 cm³/mol. The molecule has 0 N–H and O–H groups in total. The van der Waals surface area contributed by atoms with E-state index in [4.69, 9.17) is 18.5 Å². The largest absolute Gasteiger partial charge is 0.756 e. The van der Waals surface area contributed by atoms with E-state index in [-0.39, 0.29) is 30.8 Å². The molecule has 1 saturated heterocycles. The zero-order chi connectivity index (χ0) is 17.8. The van der Waals surface area contributed by atoms with Gasteiger partial charge >= 0.3 is 0 Å². The molecule has 0 aromatic carbocycles. The molecule has 1 saturated carbocycles. The molecule has 1 aliphatic carbocycles. The molecule has 2 fully saturated rings. The second-order valence-electron chi connectivity index (χ2n) is 6.83. The maximum Gasteiger partial charge on any atom is 0.268 e. The quantitative estimate of drug-likeness (QED) is 0.483. The Kier molecular flexibility index (Phi) is 6.25. The number of methoxy groups -OCH3 is 1. The molecule has 8 heteroatoms. The highest BCUT2D eigenvalue weighted by Gasteiger charge is 2.51. The first kappa shape index (κ1) is 19.0. The van der Waals surface area contributed by atoms with Gasteiger partial charge in [-0.25, -0.2) is 4.57 Å². The Hall–Kier alpha value is -0.820. The van der Waals surface area contributed by atoms with Crippen LogP contribution in [0.25, 0.3) is 0 Å². The van der Waals surface area contributed by atoms with Crippen LogP contribution in [-0.4, -0.2) is 39.1 Å². The van der Waals surface area contributed by atoms with E-state index in [1.165, 1.54) is 0 Å². The standard InChI is InChI=1S/C17H26NO6P/c1-21-14-17-7-5-6-16(17)24-15(12-17)13-23-25(19,20)22-11-10-18-8-3-2-4-9-18/h2-4,8-9,15-16H,5-7,10-14H2,1H3/t15-,16-,17-/m0/s1. The fourth-order valence-corrected chi connectivity index (χ4v) is 4.68. The van der Waals surface area contributed by atoms with Gasteiger partial charge in [0, 0.05) is 24.7 Å². The van der Waals surface area contributed by atoms with Gasteiger partial charge in [-0.05, 0) is 19.3 Å². The molecule has 1 aliphatic heterocycles. The van der Waals surface area contributed by atoms with Crippen LogP contribution in [0.2, 0.25) is 0 Å². The molecule has 0 amide bonds. The van der Waals surface area contributed by atoms with Crippen molar-refractivity contribution in [2.75, 3.05) is 26.9 Å². The lowest BCUT2D eigenvalue weighted by Crippen LogP contribution is -2.35. The third-order valence-electron chi connectivity index (χ3n) is 5.04. The summed E-state index contributed by atoms with van der Waals surface area (Å²) >= 11 is 0. The number of hydrogen-bond donors (Lipinski definition) is 0. The summed E-state index contributed by atoms with van der Waals surface area (Å²) in [6.07, 6.45) is 7.56. The lowest BCUT2D eigenvalue weighted by molar-refractivity contribution is -0.697. The molecule has 3 rings (SSSR count). The second kappa shape index (κ2) is 8.25. The van der Waals surface area contributed by atoms with E-state index in [2.05, 4.69) is 0 Å². The van der Waals surface area contributed by atoms with Crippen LogP contribution in [0.4, 0.5) is 0 Å². The molecule has 1 unspecified atom stereocenters. The topological polar surface area (TPSA) is 80.9 Å². The normalized spacial score (nSPS) is 31.0. The van der Waals surface area contributed by atoms with Gasteiger partial charge in [-0.2, -0.15) is 0 Å². The first-order chi connectivity index (χ1) is 12.0. The molecule has 2 heterocycles. The van der Waals surface area contributed by atoms with Crippen LogP contribution in [0.15, 0.2) is 30.6 Å². The molecule has 0 radical (unpaired) electrons. The van der Waals surface area contributed by atoms with Gasteiger partial charge in [0.2, 0.25) is 0 Å². The number of hydrogen-bond acceptors (Lipinski definition) is 6. The van der Waals surface area contributed by atoms with Crippen molar-refractivity contribution in [1.29, 1.82) is 0 Å². The third-order valence-corrected chi connectivity index (χ3v) is 6.01. The van der Waals surface area contributed by atoms with E-state index in [1.54, 1.807) is 7.11 Å². The average molecular weight is 371 g/mol. The van der Waals surface area contributed by atoms with Crippen LogP contribution in [0.5, 0.6) is 0 Å². The molecule has 1 aromatic rings. The van der Waals surface area contributed by atoms with Crippen molar-refractivity contribution in [1.82, 2.24) is 0 Å². The van der Waals surface area contributed by atoms with Gasteiger partial charge in [-0.15, -0.1) is 0 Å². The van der Waals surface area contributed by atoms with E-state index in [0.29, 0.717) is 13.2 Å². The molecular weight excluding hydrogens is 345 g/mol. The van der Waals surface area contributed by atoms with Crippen LogP contribution < -0.4 is 9.46 Å². The van der Waals surface area contributed by atoms with Gasteiger partial charge in [-0.1, -0.05) is 12.5 Å². The molecule has 0 bridgehead atoms. The van der Waals surface area contributed by atoms with Crippen LogP contribution in [-0.2, 0) is 29.6 Å². The van der Waals surface area contributed by atoms with Crippen molar-refractivity contribution < 1.29 is 32.5 Å². The fraction of sp³-hybridized carbons (Fsp3) is 0.706. The lowest BCUT2D eigenvalue weighted by Gasteiger charge is -2.26. The van der Waals surface area contributed by atoms with Crippen LogP contribution >= 0.6 is 7.82 Å². The van der Waals surface area contributed by atoms with Crippen LogP contribution in [0, 0.1) is 5.41 Å². The molecular formula is C17H26NO6P. The summed E-state index contributed by atoms with van der Waals surface area (Å²) < 4.78 is 35.1. The number of rotatable bonds is 9. The highest BCUT2D eigenvalue weighted by Crippen LogP contribution is 2.50. The minimum Gasteiger partial charge on any atom is -0.756 e. The number of fused-ring (bicyclic) bond motifs is 1. The van der Waals surface area contributed by atoms with Gasteiger partial charge in [0.1, 0.15) is 6.61 Å². The Morgan fingerprint density at radius 3 is 2.88 bits per heavy atom. The van der Waals surface area contributed by atoms with Crippen LogP contribution in [0.1, 0.15) is 25.7 Å². The monoisotopic (exact) mass is 371 g/mol. The summed E-state index contributed by atoms with van der Waals surface area (Å²) in [6, 6.07) is 5.64. The van der Waals surface area contributed by atoms with E-state index in [0.717, 1.165) is 25.7 Å². The number of aromatic nitrogens is 1. The highest BCUT2D eigenvalue weighted by atomic mass is 31.2. The maximum atomic E-state index is 11.9. The minimum atomic E-state index is -4.32. The molecule has 4 atom stereocenters. The zero-order valence-electron chi connectivity index (χ0n) is 14.5. The minimum absolute atomic E-state index is 0.00121. The van der Waals surface area contributed by atoms with E-state index < -0.39 is 7.82 Å². The molecule has 1 aromatic heterocycles. The zero-order valence-corrected chi connectivity index (χ0v) is 15.4. The Labute approximate surface area is 148 Å². The summed E-state index contributed by atoms with van der Waals surface area (Å²) in [5.74, 6) is 0. The summed E-state index contributed by atoms with van der Waals surface area (Å²) in [5.41, 5.74) is 0.0143. The number of pyridine rings is 1. The predicted octanol–water partition coefficient (Wildman–Crippen LogP) is 1.45. The average Bonchev–Trinajstić information content (AvgIpc) is 3.11. The van der Waals surface area contributed by atoms with E-state index in [9.17, 15) is 9.46 Å². The smallest absolute Gasteiger partial charge is 0.268 e. The Morgan fingerprint density at radius 2 is 2.12 bits per heavy atom. The first-order valence-electron chi connectivity index (χ1n) is 8.72. The van der Waals surface area contributed by atoms with E-state index in [1.807, 2.05) is 35.2 Å². The van der Waals surface area contributed by atoms with Crippen molar-refractivity contribution in [2.45, 2.75) is 44.4 Å². The summed E-state index contributed by atoms with van der Waals surface area (Å²) in [7, 11) is -2.63. The molecule has 7 nitrogen and oxygen atoms in total. The molecule has 25 heavy (non-hydrogen) atoms. The van der Waals surface area contributed by atoms with Crippen molar-refractivity contribution in [2.24, 2.45) is 5.41 Å². The number of phosphoric ester groups is 1. The summed E-state index contributed by atoms with van der Waals surface area (Å²) in [6.45, 7) is 1.13. The maximum absolute atomic E-state index is 11.9. The van der Waals surface area contributed by atoms with Crippen molar-refractivity contribution >= 4 is 7.82 Å². The lowest BCUT2D eigenvalue weighted by atomic mass is 9.82. The van der Waals surface area contributed by atoms with Gasteiger partial charge in [-0.3, -0.25) is 4.57 Å². The first-order valence-corrected chi connectivity index (χ1v) is 10.2. The Bertz CT molecular complexity index is 600. The fourth-order valence-electron chi connectivity index (χ4n) is 3.95. The van der Waals surface area contributed by atoms with Crippen LogP contribution in [0.3, 0.4) is 0 Å². The SMILES string of the molecule is COC[C@@]12CCC[C@@H]1O[C@H](COP(=O)([O-])OCC[n+]1ccccc1)C2. The van der Waals surface area contributed by atoms with Crippen molar-refractivity contribution in [3.05, 3.63) is 30.6 Å². The Balaban J connectivity index is 1.42. The highest BCUT2D eigenvalue weighted by molar-refractivity contribution is 7.45. The molecule has 140 valence electrons. The number of phosphoric acid groups is 1. The summed E-state index contributed by atoms with van der Waals surface area (Å²) in [5, 5.41) is 0. The molecule has 2 aliphatic rings. The van der Waals surface area contributed by atoms with Crippen molar-refractivity contribution in [3.8, 4) is 0 Å². The summed E-state index contributed by atoms with van der Waals surface area (Å²) in [4.78, 5) is 11.9. The van der Waals surface area contributed by atoms with Gasteiger partial charge < -0.3 is 23.4 Å². The molecule has 0 spiro atoms. The second-order valence-corrected chi connectivity index (χ2v) is 8.24. The Morgan fingerprint density at radius 1 is 1.32 bits per heavy atom.